The molecule has 0 spiro atoms. The van der Waals surface area contributed by atoms with Crippen LogP contribution in [-0.4, -0.2) is 19.9 Å². The van der Waals surface area contributed by atoms with Gasteiger partial charge >= 0.3 is 0 Å². The lowest BCUT2D eigenvalue weighted by atomic mass is 10.2. The molecule has 6 nitrogen and oxygen atoms in total. The Morgan fingerprint density at radius 2 is 2.38 bits per heavy atom. The highest BCUT2D eigenvalue weighted by Crippen LogP contribution is 2.18. The van der Waals surface area contributed by atoms with Gasteiger partial charge in [0.2, 0.25) is 11.7 Å². The largest absolute Gasteiger partial charge is 0.337 e. The second-order valence-electron chi connectivity index (χ2n) is 3.75. The maximum Gasteiger partial charge on any atom is 0.243 e. The van der Waals surface area contributed by atoms with Crippen LogP contribution in [0.4, 0.5) is 0 Å². The monoisotopic (exact) mass is 221 g/mol. The van der Waals surface area contributed by atoms with Crippen LogP contribution < -0.4 is 5.73 Å². The molecule has 1 atom stereocenters. The maximum absolute atomic E-state index is 5.89. The van der Waals surface area contributed by atoms with Crippen LogP contribution in [0.25, 0.3) is 11.4 Å². The van der Waals surface area contributed by atoms with E-state index in [1.165, 1.54) is 0 Å². The molecule has 6 heteroatoms. The van der Waals surface area contributed by atoms with Crippen molar-refractivity contribution in [2.75, 3.05) is 0 Å². The zero-order valence-corrected chi connectivity index (χ0v) is 9.42. The smallest absolute Gasteiger partial charge is 0.243 e. The molecule has 2 aromatic heterocycles. The van der Waals surface area contributed by atoms with Gasteiger partial charge in [0.1, 0.15) is 0 Å². The van der Waals surface area contributed by atoms with Gasteiger partial charge in [-0.2, -0.15) is 10.1 Å². The lowest BCUT2D eigenvalue weighted by molar-refractivity contribution is 0.348. The van der Waals surface area contributed by atoms with Crippen molar-refractivity contribution in [2.45, 2.75) is 25.8 Å². The first-order chi connectivity index (χ1) is 7.70. The quantitative estimate of drug-likeness (QED) is 0.840. The molecular weight excluding hydrogens is 206 g/mol. The van der Waals surface area contributed by atoms with Gasteiger partial charge in [-0.05, 0) is 6.42 Å². The number of hydrogen-bond acceptors (Lipinski definition) is 5. The van der Waals surface area contributed by atoms with Gasteiger partial charge in [-0.25, -0.2) is 0 Å². The SMILES string of the molecule is CCCC(N)c1nc(-c2cnn(C)c2)no1. The zero-order chi connectivity index (χ0) is 11.5. The van der Waals surface area contributed by atoms with E-state index >= 15 is 0 Å². The Hall–Kier alpha value is -1.69. The highest BCUT2D eigenvalue weighted by molar-refractivity contribution is 5.51. The minimum Gasteiger partial charge on any atom is -0.337 e. The fourth-order valence-electron chi connectivity index (χ4n) is 1.47. The Balaban J connectivity index is 2.19. The van der Waals surface area contributed by atoms with Gasteiger partial charge in [0.25, 0.3) is 0 Å². The van der Waals surface area contributed by atoms with Crippen molar-refractivity contribution in [1.82, 2.24) is 19.9 Å². The first-order valence-electron chi connectivity index (χ1n) is 5.29. The average molecular weight is 221 g/mol. The van der Waals surface area contributed by atoms with Crippen LogP contribution in [0, 0.1) is 0 Å². The lowest BCUT2D eigenvalue weighted by Crippen LogP contribution is -2.09. The molecule has 0 bridgehead atoms. The van der Waals surface area contributed by atoms with Crippen LogP contribution in [0.1, 0.15) is 31.7 Å². The van der Waals surface area contributed by atoms with Gasteiger partial charge in [0.15, 0.2) is 0 Å². The van der Waals surface area contributed by atoms with Crippen LogP contribution >= 0.6 is 0 Å². The summed E-state index contributed by atoms with van der Waals surface area (Å²) in [5.41, 5.74) is 6.72. The summed E-state index contributed by atoms with van der Waals surface area (Å²) < 4.78 is 6.81. The maximum atomic E-state index is 5.89. The van der Waals surface area contributed by atoms with E-state index in [4.69, 9.17) is 10.3 Å². The Morgan fingerprint density at radius 3 is 3.00 bits per heavy atom. The Kier molecular flexibility index (Phi) is 3.00. The zero-order valence-electron chi connectivity index (χ0n) is 9.42. The lowest BCUT2D eigenvalue weighted by Gasteiger charge is -2.01. The molecule has 0 aromatic carbocycles. The minimum atomic E-state index is -0.178. The van der Waals surface area contributed by atoms with Crippen molar-refractivity contribution >= 4 is 0 Å². The predicted molar refractivity (Wildman–Crippen MR) is 58.3 cm³/mol. The number of aryl methyl sites for hydroxylation is 1. The number of rotatable bonds is 4. The van der Waals surface area contributed by atoms with Gasteiger partial charge in [-0.1, -0.05) is 18.5 Å². The highest BCUT2D eigenvalue weighted by Gasteiger charge is 2.15. The summed E-state index contributed by atoms with van der Waals surface area (Å²) in [5, 5.41) is 7.93. The van der Waals surface area contributed by atoms with Crippen molar-refractivity contribution < 1.29 is 4.52 Å². The van der Waals surface area contributed by atoms with Crippen LogP contribution in [0.5, 0.6) is 0 Å². The standard InChI is InChI=1S/C10H15N5O/c1-3-4-8(11)10-13-9(14-16-10)7-5-12-15(2)6-7/h5-6,8H,3-4,11H2,1-2H3. The molecule has 0 aliphatic heterocycles. The summed E-state index contributed by atoms with van der Waals surface area (Å²) in [6.45, 7) is 2.07. The molecule has 86 valence electrons. The van der Waals surface area contributed by atoms with Gasteiger partial charge in [-0.15, -0.1) is 0 Å². The van der Waals surface area contributed by atoms with Crippen molar-refractivity contribution in [3.63, 3.8) is 0 Å². The molecule has 0 aliphatic rings. The van der Waals surface area contributed by atoms with Crippen molar-refractivity contribution in [3.05, 3.63) is 18.3 Å². The molecule has 2 N–H and O–H groups in total. The van der Waals surface area contributed by atoms with Gasteiger partial charge in [0, 0.05) is 13.2 Å². The van der Waals surface area contributed by atoms with Gasteiger partial charge in [0.05, 0.1) is 17.8 Å². The summed E-state index contributed by atoms with van der Waals surface area (Å²) in [4.78, 5) is 4.26. The van der Waals surface area contributed by atoms with Crippen LogP contribution in [0.15, 0.2) is 16.9 Å². The number of nitrogens with two attached hydrogens (primary N) is 1. The van der Waals surface area contributed by atoms with E-state index in [1.54, 1.807) is 10.9 Å². The molecule has 0 aliphatic carbocycles. The second-order valence-corrected chi connectivity index (χ2v) is 3.75. The molecule has 16 heavy (non-hydrogen) atoms. The van der Waals surface area contributed by atoms with Crippen molar-refractivity contribution in [2.24, 2.45) is 12.8 Å². The molecule has 1 unspecified atom stereocenters. The summed E-state index contributed by atoms with van der Waals surface area (Å²) >= 11 is 0. The van der Waals surface area contributed by atoms with Crippen LogP contribution in [0.2, 0.25) is 0 Å². The van der Waals surface area contributed by atoms with Crippen LogP contribution in [0.3, 0.4) is 0 Å². The summed E-state index contributed by atoms with van der Waals surface area (Å²) in [6, 6.07) is -0.178. The second kappa shape index (κ2) is 4.44. The number of nitrogens with zero attached hydrogens (tertiary/aromatic N) is 4. The summed E-state index contributed by atoms with van der Waals surface area (Å²) in [5.74, 6) is 1.02. The topological polar surface area (TPSA) is 82.8 Å². The van der Waals surface area contributed by atoms with E-state index in [1.807, 2.05) is 13.2 Å². The van der Waals surface area contributed by atoms with E-state index in [9.17, 15) is 0 Å². The molecule has 0 radical (unpaired) electrons. The first kappa shape index (κ1) is 10.8. The Labute approximate surface area is 93.4 Å². The first-order valence-corrected chi connectivity index (χ1v) is 5.29. The van der Waals surface area contributed by atoms with E-state index in [-0.39, 0.29) is 6.04 Å². The molecule has 0 amide bonds. The van der Waals surface area contributed by atoms with E-state index < -0.39 is 0 Å². The van der Waals surface area contributed by atoms with Crippen molar-refractivity contribution in [3.8, 4) is 11.4 Å². The van der Waals surface area contributed by atoms with E-state index in [0.717, 1.165) is 18.4 Å². The fourth-order valence-corrected chi connectivity index (χ4v) is 1.47. The molecular formula is C10H15N5O. The van der Waals surface area contributed by atoms with Gasteiger partial charge < -0.3 is 10.3 Å². The Morgan fingerprint density at radius 1 is 1.56 bits per heavy atom. The third-order valence-electron chi connectivity index (χ3n) is 2.32. The van der Waals surface area contributed by atoms with E-state index in [0.29, 0.717) is 11.7 Å². The molecule has 0 saturated carbocycles. The van der Waals surface area contributed by atoms with Crippen molar-refractivity contribution in [1.29, 1.82) is 0 Å². The Bertz CT molecular complexity index is 461. The third-order valence-corrected chi connectivity index (χ3v) is 2.32. The minimum absolute atomic E-state index is 0.178. The molecule has 2 rings (SSSR count). The number of aromatic nitrogens is 4. The fraction of sp³-hybridized carbons (Fsp3) is 0.500. The molecule has 2 heterocycles. The third kappa shape index (κ3) is 2.11. The predicted octanol–water partition coefficient (Wildman–Crippen LogP) is 1.27. The highest BCUT2D eigenvalue weighted by atomic mass is 16.5. The summed E-state index contributed by atoms with van der Waals surface area (Å²) in [7, 11) is 1.84. The van der Waals surface area contributed by atoms with Crippen LogP contribution in [-0.2, 0) is 7.05 Å². The molecule has 2 aromatic rings. The number of hydrogen-bond donors (Lipinski definition) is 1. The van der Waals surface area contributed by atoms with Gasteiger partial charge in [-0.3, -0.25) is 4.68 Å². The molecule has 0 saturated heterocycles. The summed E-state index contributed by atoms with van der Waals surface area (Å²) in [6.07, 6.45) is 5.36. The average Bonchev–Trinajstić information content (AvgIpc) is 2.85. The molecule has 0 fully saturated rings. The normalized spacial score (nSPS) is 12.9. The van der Waals surface area contributed by atoms with E-state index in [2.05, 4.69) is 22.2 Å².